The fourth-order valence-corrected chi connectivity index (χ4v) is 1.60. The molecule has 0 aromatic heterocycles. The second-order valence-corrected chi connectivity index (χ2v) is 4.09. The highest BCUT2D eigenvalue weighted by molar-refractivity contribution is 5.81. The first-order valence-electron chi connectivity index (χ1n) is 4.71. The summed E-state index contributed by atoms with van der Waals surface area (Å²) in [7, 11) is 0. The molecule has 3 nitrogen and oxygen atoms in total. The van der Waals surface area contributed by atoms with E-state index in [2.05, 4.69) is 37.2 Å². The molecule has 3 heteroatoms. The molecule has 1 aliphatic rings. The largest absolute Gasteiger partial charge is 0.370 e. The van der Waals surface area contributed by atoms with Crippen molar-refractivity contribution in [1.29, 1.82) is 0 Å². The van der Waals surface area contributed by atoms with Gasteiger partial charge in [-0.05, 0) is 12.8 Å². The standard InChI is InChI=1S/C10H19N3/c1-5-6-13-9(11)12-7-10(13,4)8(2)3/h5,8H,1,6-7H2,2-4H3,(H2,11,12). The molecule has 0 amide bonds. The molecule has 13 heavy (non-hydrogen) atoms. The van der Waals surface area contributed by atoms with Crippen molar-refractivity contribution in [2.75, 3.05) is 13.1 Å². The lowest BCUT2D eigenvalue weighted by molar-refractivity contribution is 0.172. The zero-order valence-electron chi connectivity index (χ0n) is 8.75. The Kier molecular flexibility index (Phi) is 2.64. The van der Waals surface area contributed by atoms with Crippen LogP contribution < -0.4 is 5.73 Å². The van der Waals surface area contributed by atoms with Crippen LogP contribution in [0.4, 0.5) is 0 Å². The van der Waals surface area contributed by atoms with Crippen molar-refractivity contribution in [3.05, 3.63) is 12.7 Å². The Morgan fingerprint density at radius 1 is 1.77 bits per heavy atom. The lowest BCUT2D eigenvalue weighted by Gasteiger charge is -2.38. The molecule has 0 saturated heterocycles. The molecule has 74 valence electrons. The van der Waals surface area contributed by atoms with Gasteiger partial charge in [0.15, 0.2) is 5.96 Å². The molecule has 0 saturated carbocycles. The molecular formula is C10H19N3. The second kappa shape index (κ2) is 3.40. The summed E-state index contributed by atoms with van der Waals surface area (Å²) in [4.78, 5) is 6.41. The number of hydrogen-bond acceptors (Lipinski definition) is 3. The zero-order chi connectivity index (χ0) is 10.1. The van der Waals surface area contributed by atoms with Crippen LogP contribution in [0.15, 0.2) is 17.6 Å². The molecule has 1 unspecified atom stereocenters. The van der Waals surface area contributed by atoms with Gasteiger partial charge in [-0.2, -0.15) is 0 Å². The van der Waals surface area contributed by atoms with E-state index < -0.39 is 0 Å². The van der Waals surface area contributed by atoms with Crippen molar-refractivity contribution in [1.82, 2.24) is 4.90 Å². The van der Waals surface area contributed by atoms with Gasteiger partial charge in [0.05, 0.1) is 12.1 Å². The third-order valence-electron chi connectivity index (χ3n) is 3.01. The summed E-state index contributed by atoms with van der Waals surface area (Å²) in [5, 5.41) is 0. The minimum Gasteiger partial charge on any atom is -0.370 e. The highest BCUT2D eigenvalue weighted by Crippen LogP contribution is 2.28. The number of aliphatic imine (C=N–C) groups is 1. The van der Waals surface area contributed by atoms with E-state index in [4.69, 9.17) is 5.73 Å². The summed E-state index contributed by atoms with van der Waals surface area (Å²) in [5.41, 5.74) is 5.87. The van der Waals surface area contributed by atoms with Crippen LogP contribution in [0.5, 0.6) is 0 Å². The number of guanidine groups is 1. The predicted molar refractivity (Wildman–Crippen MR) is 56.6 cm³/mol. The van der Waals surface area contributed by atoms with Gasteiger partial charge < -0.3 is 10.6 Å². The van der Waals surface area contributed by atoms with Gasteiger partial charge >= 0.3 is 0 Å². The lowest BCUT2D eigenvalue weighted by atomic mass is 9.87. The molecule has 0 aromatic carbocycles. The Labute approximate surface area is 80.3 Å². The maximum absolute atomic E-state index is 5.81. The van der Waals surface area contributed by atoms with E-state index in [0.717, 1.165) is 13.1 Å². The summed E-state index contributed by atoms with van der Waals surface area (Å²) in [6.45, 7) is 11.9. The number of nitrogens with two attached hydrogens (primary N) is 1. The van der Waals surface area contributed by atoms with Gasteiger partial charge in [0, 0.05) is 6.54 Å². The van der Waals surface area contributed by atoms with Crippen molar-refractivity contribution in [3.63, 3.8) is 0 Å². The van der Waals surface area contributed by atoms with Gasteiger partial charge in [0.2, 0.25) is 0 Å². The molecule has 0 aromatic rings. The summed E-state index contributed by atoms with van der Waals surface area (Å²) >= 11 is 0. The SMILES string of the molecule is C=CCN1C(N)=NCC1(C)C(C)C. The van der Waals surface area contributed by atoms with E-state index >= 15 is 0 Å². The summed E-state index contributed by atoms with van der Waals surface area (Å²) < 4.78 is 0. The van der Waals surface area contributed by atoms with Gasteiger partial charge in [-0.25, -0.2) is 0 Å². The van der Waals surface area contributed by atoms with Gasteiger partial charge in [-0.3, -0.25) is 4.99 Å². The molecule has 0 bridgehead atoms. The van der Waals surface area contributed by atoms with Gasteiger partial charge in [0.1, 0.15) is 0 Å². The average molecular weight is 181 g/mol. The molecule has 0 aliphatic carbocycles. The van der Waals surface area contributed by atoms with Crippen LogP contribution in [0.25, 0.3) is 0 Å². The minimum absolute atomic E-state index is 0.0677. The Balaban J connectivity index is 2.84. The Morgan fingerprint density at radius 2 is 2.38 bits per heavy atom. The molecule has 2 N–H and O–H groups in total. The van der Waals surface area contributed by atoms with E-state index in [1.807, 2.05) is 6.08 Å². The van der Waals surface area contributed by atoms with E-state index in [-0.39, 0.29) is 5.54 Å². The van der Waals surface area contributed by atoms with Gasteiger partial charge in [0.25, 0.3) is 0 Å². The van der Waals surface area contributed by atoms with Crippen LogP contribution in [0.1, 0.15) is 20.8 Å². The fourth-order valence-electron chi connectivity index (χ4n) is 1.60. The first-order chi connectivity index (χ1) is 6.02. The molecule has 0 radical (unpaired) electrons. The minimum atomic E-state index is 0.0677. The first kappa shape index (κ1) is 10.1. The van der Waals surface area contributed by atoms with Crippen molar-refractivity contribution in [2.45, 2.75) is 26.3 Å². The zero-order valence-corrected chi connectivity index (χ0v) is 8.75. The maximum Gasteiger partial charge on any atom is 0.192 e. The first-order valence-corrected chi connectivity index (χ1v) is 4.71. The van der Waals surface area contributed by atoms with E-state index in [1.165, 1.54) is 0 Å². The monoisotopic (exact) mass is 181 g/mol. The molecule has 1 aliphatic heterocycles. The highest BCUT2D eigenvalue weighted by atomic mass is 15.3. The van der Waals surface area contributed by atoms with Crippen LogP contribution in [0, 0.1) is 5.92 Å². The second-order valence-electron chi connectivity index (χ2n) is 4.09. The third-order valence-corrected chi connectivity index (χ3v) is 3.01. The topological polar surface area (TPSA) is 41.6 Å². The average Bonchev–Trinajstić information content (AvgIpc) is 2.34. The normalized spacial score (nSPS) is 28.0. The van der Waals surface area contributed by atoms with Crippen LogP contribution in [-0.4, -0.2) is 29.5 Å². The predicted octanol–water partition coefficient (Wildman–Crippen LogP) is 1.22. The Morgan fingerprint density at radius 3 is 2.85 bits per heavy atom. The van der Waals surface area contributed by atoms with Crippen molar-refractivity contribution < 1.29 is 0 Å². The van der Waals surface area contributed by atoms with Crippen LogP contribution in [0.3, 0.4) is 0 Å². The number of hydrogen-bond donors (Lipinski definition) is 1. The summed E-state index contributed by atoms with van der Waals surface area (Å²) in [6, 6.07) is 0. The van der Waals surface area contributed by atoms with E-state index in [1.54, 1.807) is 0 Å². The van der Waals surface area contributed by atoms with Crippen molar-refractivity contribution in [2.24, 2.45) is 16.6 Å². The van der Waals surface area contributed by atoms with E-state index in [9.17, 15) is 0 Å². The Hall–Kier alpha value is -0.990. The lowest BCUT2D eigenvalue weighted by Crippen LogP contribution is -2.52. The molecule has 1 atom stereocenters. The van der Waals surface area contributed by atoms with Crippen LogP contribution in [-0.2, 0) is 0 Å². The van der Waals surface area contributed by atoms with Crippen molar-refractivity contribution >= 4 is 5.96 Å². The maximum atomic E-state index is 5.81. The molecule has 1 rings (SSSR count). The fraction of sp³-hybridized carbons (Fsp3) is 0.700. The summed E-state index contributed by atoms with van der Waals surface area (Å²) in [6.07, 6.45) is 1.87. The number of rotatable bonds is 3. The van der Waals surface area contributed by atoms with Crippen LogP contribution >= 0.6 is 0 Å². The Bertz CT molecular complexity index is 232. The molecular weight excluding hydrogens is 162 g/mol. The summed E-state index contributed by atoms with van der Waals surface area (Å²) in [5.74, 6) is 1.19. The highest BCUT2D eigenvalue weighted by Gasteiger charge is 2.39. The van der Waals surface area contributed by atoms with Crippen molar-refractivity contribution in [3.8, 4) is 0 Å². The molecule has 0 spiro atoms. The quantitative estimate of drug-likeness (QED) is 0.665. The van der Waals surface area contributed by atoms with Crippen LogP contribution in [0.2, 0.25) is 0 Å². The van der Waals surface area contributed by atoms with Gasteiger partial charge in [-0.1, -0.05) is 19.9 Å². The number of nitrogens with zero attached hydrogens (tertiary/aromatic N) is 2. The third kappa shape index (κ3) is 1.55. The van der Waals surface area contributed by atoms with Gasteiger partial charge in [-0.15, -0.1) is 6.58 Å². The smallest absolute Gasteiger partial charge is 0.192 e. The molecule has 0 fully saturated rings. The van der Waals surface area contributed by atoms with E-state index in [0.29, 0.717) is 11.9 Å². The molecule has 1 heterocycles.